The molecule has 84 valence electrons. The highest BCUT2D eigenvalue weighted by molar-refractivity contribution is 5.10. The second kappa shape index (κ2) is 4.79. The standard InChI is InChI=1S/C12H20N2O/c1-3-11-7-12(4-2)14(13-11)8-10-5-6-15-9-10/h7,10H,3-6,8-9H2,1-2H3. The van der Waals surface area contributed by atoms with Gasteiger partial charge in [-0.2, -0.15) is 5.10 Å². The fourth-order valence-corrected chi connectivity index (χ4v) is 2.10. The van der Waals surface area contributed by atoms with Gasteiger partial charge in [0.25, 0.3) is 0 Å². The summed E-state index contributed by atoms with van der Waals surface area (Å²) in [5, 5.41) is 4.62. The van der Waals surface area contributed by atoms with Gasteiger partial charge in [0.2, 0.25) is 0 Å². The van der Waals surface area contributed by atoms with Crippen LogP contribution < -0.4 is 0 Å². The Balaban J connectivity index is 2.07. The molecule has 1 saturated heterocycles. The first-order chi connectivity index (χ1) is 7.33. The lowest BCUT2D eigenvalue weighted by Crippen LogP contribution is -2.14. The van der Waals surface area contributed by atoms with Gasteiger partial charge in [-0.05, 0) is 25.3 Å². The Labute approximate surface area is 91.4 Å². The van der Waals surface area contributed by atoms with E-state index in [1.165, 1.54) is 17.8 Å². The summed E-state index contributed by atoms with van der Waals surface area (Å²) in [6.45, 7) is 7.21. The number of hydrogen-bond acceptors (Lipinski definition) is 2. The van der Waals surface area contributed by atoms with E-state index in [0.29, 0.717) is 5.92 Å². The first-order valence-corrected chi connectivity index (χ1v) is 5.96. The van der Waals surface area contributed by atoms with E-state index in [1.807, 2.05) is 0 Å². The molecule has 1 fully saturated rings. The van der Waals surface area contributed by atoms with Crippen molar-refractivity contribution in [3.63, 3.8) is 0 Å². The van der Waals surface area contributed by atoms with Crippen molar-refractivity contribution >= 4 is 0 Å². The van der Waals surface area contributed by atoms with Gasteiger partial charge in [0.15, 0.2) is 0 Å². The average Bonchev–Trinajstić information content (AvgIpc) is 2.87. The van der Waals surface area contributed by atoms with Gasteiger partial charge in [0.05, 0.1) is 12.3 Å². The first kappa shape index (κ1) is 10.7. The van der Waals surface area contributed by atoms with Crippen molar-refractivity contribution in [2.75, 3.05) is 13.2 Å². The van der Waals surface area contributed by atoms with Crippen LogP contribution in [0.25, 0.3) is 0 Å². The van der Waals surface area contributed by atoms with Crippen molar-refractivity contribution in [2.24, 2.45) is 5.92 Å². The molecule has 0 aliphatic carbocycles. The first-order valence-electron chi connectivity index (χ1n) is 5.96. The highest BCUT2D eigenvalue weighted by Gasteiger charge is 2.17. The lowest BCUT2D eigenvalue weighted by molar-refractivity contribution is 0.181. The van der Waals surface area contributed by atoms with Gasteiger partial charge in [-0.25, -0.2) is 0 Å². The number of aromatic nitrogens is 2. The van der Waals surface area contributed by atoms with E-state index in [9.17, 15) is 0 Å². The molecular weight excluding hydrogens is 188 g/mol. The molecule has 1 aromatic heterocycles. The molecule has 0 saturated carbocycles. The van der Waals surface area contributed by atoms with Crippen LogP contribution in [0.1, 0.15) is 31.7 Å². The largest absolute Gasteiger partial charge is 0.381 e. The van der Waals surface area contributed by atoms with Crippen molar-refractivity contribution in [1.82, 2.24) is 9.78 Å². The second-order valence-electron chi connectivity index (χ2n) is 4.25. The minimum atomic E-state index is 0.667. The molecule has 0 amide bonds. The quantitative estimate of drug-likeness (QED) is 0.757. The molecule has 0 spiro atoms. The Kier molecular flexibility index (Phi) is 3.41. The third kappa shape index (κ3) is 2.40. The molecule has 1 aliphatic heterocycles. The molecule has 0 bridgehead atoms. The Morgan fingerprint density at radius 1 is 1.47 bits per heavy atom. The zero-order chi connectivity index (χ0) is 10.7. The Hall–Kier alpha value is -0.830. The van der Waals surface area contributed by atoms with Crippen LogP contribution in [-0.4, -0.2) is 23.0 Å². The lowest BCUT2D eigenvalue weighted by Gasteiger charge is -2.10. The van der Waals surface area contributed by atoms with Crippen LogP contribution in [0.5, 0.6) is 0 Å². The molecule has 1 unspecified atom stereocenters. The molecule has 2 rings (SSSR count). The van der Waals surface area contributed by atoms with E-state index in [1.54, 1.807) is 0 Å². The SMILES string of the molecule is CCc1cc(CC)n(CC2CCOC2)n1. The van der Waals surface area contributed by atoms with Crippen molar-refractivity contribution in [3.05, 3.63) is 17.5 Å². The van der Waals surface area contributed by atoms with E-state index in [0.717, 1.165) is 32.6 Å². The molecule has 1 aliphatic rings. The van der Waals surface area contributed by atoms with Gasteiger partial charge in [0, 0.05) is 24.8 Å². The molecule has 2 heterocycles. The lowest BCUT2D eigenvalue weighted by atomic mass is 10.1. The monoisotopic (exact) mass is 208 g/mol. The third-order valence-corrected chi connectivity index (χ3v) is 3.09. The van der Waals surface area contributed by atoms with Crippen LogP contribution in [-0.2, 0) is 24.1 Å². The average molecular weight is 208 g/mol. The molecular formula is C12H20N2O. The van der Waals surface area contributed by atoms with Crippen molar-refractivity contribution in [3.8, 4) is 0 Å². The van der Waals surface area contributed by atoms with Gasteiger partial charge in [-0.3, -0.25) is 4.68 Å². The van der Waals surface area contributed by atoms with Crippen molar-refractivity contribution < 1.29 is 4.74 Å². The topological polar surface area (TPSA) is 27.1 Å². The maximum atomic E-state index is 5.39. The zero-order valence-electron chi connectivity index (χ0n) is 9.70. The summed E-state index contributed by atoms with van der Waals surface area (Å²) >= 11 is 0. The summed E-state index contributed by atoms with van der Waals surface area (Å²) in [5.74, 6) is 0.667. The van der Waals surface area contributed by atoms with Crippen LogP contribution in [0.15, 0.2) is 6.07 Å². The van der Waals surface area contributed by atoms with Gasteiger partial charge in [0.1, 0.15) is 0 Å². The normalized spacial score (nSPS) is 21.1. The third-order valence-electron chi connectivity index (χ3n) is 3.09. The Morgan fingerprint density at radius 2 is 2.33 bits per heavy atom. The highest BCUT2D eigenvalue weighted by atomic mass is 16.5. The van der Waals surface area contributed by atoms with Crippen LogP contribution in [0.3, 0.4) is 0 Å². The molecule has 3 heteroatoms. The van der Waals surface area contributed by atoms with Crippen LogP contribution >= 0.6 is 0 Å². The maximum absolute atomic E-state index is 5.39. The summed E-state index contributed by atoms with van der Waals surface area (Å²) in [7, 11) is 0. The molecule has 0 aromatic carbocycles. The van der Waals surface area contributed by atoms with Crippen LogP contribution in [0, 0.1) is 5.92 Å². The Morgan fingerprint density at radius 3 is 2.93 bits per heavy atom. The van der Waals surface area contributed by atoms with Gasteiger partial charge < -0.3 is 4.74 Å². The minimum Gasteiger partial charge on any atom is -0.381 e. The summed E-state index contributed by atoms with van der Waals surface area (Å²) in [6.07, 6.45) is 3.28. The predicted molar refractivity (Wildman–Crippen MR) is 59.9 cm³/mol. The molecule has 3 nitrogen and oxygen atoms in total. The fraction of sp³-hybridized carbons (Fsp3) is 0.750. The van der Waals surface area contributed by atoms with E-state index < -0.39 is 0 Å². The molecule has 15 heavy (non-hydrogen) atoms. The number of aryl methyl sites for hydroxylation is 2. The molecule has 1 atom stereocenters. The highest BCUT2D eigenvalue weighted by Crippen LogP contribution is 2.16. The maximum Gasteiger partial charge on any atom is 0.0624 e. The Bertz CT molecular complexity index is 313. The zero-order valence-corrected chi connectivity index (χ0v) is 9.70. The van der Waals surface area contributed by atoms with Gasteiger partial charge >= 0.3 is 0 Å². The molecule has 0 radical (unpaired) electrons. The van der Waals surface area contributed by atoms with E-state index in [2.05, 4.69) is 29.7 Å². The second-order valence-corrected chi connectivity index (χ2v) is 4.25. The fourth-order valence-electron chi connectivity index (χ4n) is 2.10. The minimum absolute atomic E-state index is 0.667. The summed E-state index contributed by atoms with van der Waals surface area (Å²) in [4.78, 5) is 0. The number of ether oxygens (including phenoxy) is 1. The molecule has 0 N–H and O–H groups in total. The van der Waals surface area contributed by atoms with E-state index in [4.69, 9.17) is 4.74 Å². The van der Waals surface area contributed by atoms with Crippen LogP contribution in [0.4, 0.5) is 0 Å². The predicted octanol–water partition coefficient (Wildman–Crippen LogP) is 2.04. The molecule has 1 aromatic rings. The smallest absolute Gasteiger partial charge is 0.0624 e. The number of nitrogens with zero attached hydrogens (tertiary/aromatic N) is 2. The van der Waals surface area contributed by atoms with Crippen molar-refractivity contribution in [2.45, 2.75) is 39.7 Å². The van der Waals surface area contributed by atoms with E-state index >= 15 is 0 Å². The summed E-state index contributed by atoms with van der Waals surface area (Å²) in [6, 6.07) is 2.23. The van der Waals surface area contributed by atoms with Gasteiger partial charge in [-0.15, -0.1) is 0 Å². The van der Waals surface area contributed by atoms with Crippen LogP contribution in [0.2, 0.25) is 0 Å². The number of rotatable bonds is 4. The van der Waals surface area contributed by atoms with E-state index in [-0.39, 0.29) is 0 Å². The van der Waals surface area contributed by atoms with Crippen molar-refractivity contribution in [1.29, 1.82) is 0 Å². The summed E-state index contributed by atoms with van der Waals surface area (Å²) < 4.78 is 7.57. The van der Waals surface area contributed by atoms with Gasteiger partial charge in [-0.1, -0.05) is 13.8 Å². The number of hydrogen-bond donors (Lipinski definition) is 0. The summed E-state index contributed by atoms with van der Waals surface area (Å²) in [5.41, 5.74) is 2.57.